The van der Waals surface area contributed by atoms with Gasteiger partial charge in [0, 0.05) is 12.2 Å². The van der Waals surface area contributed by atoms with Crippen LogP contribution in [0.3, 0.4) is 0 Å². The van der Waals surface area contributed by atoms with Crippen LogP contribution in [0.5, 0.6) is 0 Å². The number of rotatable bonds is 16. The first-order chi connectivity index (χ1) is 14.3. The molecule has 1 rings (SSSR count). The standard InChI is InChI=1S/C25H42N2O3/c1-25(2,3)18-12-10-8-6-4-5-7-9-11-13-19-27-22-16-14-21(15-17-22)24(29)30-20-23(26)28/h14-17,27H,4-13,18-20H2,1-3H3,(H2,26,28). The highest BCUT2D eigenvalue weighted by Crippen LogP contribution is 2.22. The number of benzene rings is 1. The summed E-state index contributed by atoms with van der Waals surface area (Å²) in [5.74, 6) is -1.20. The average Bonchev–Trinajstić information content (AvgIpc) is 2.69. The maximum absolute atomic E-state index is 11.7. The van der Waals surface area contributed by atoms with Gasteiger partial charge in [-0.05, 0) is 42.5 Å². The van der Waals surface area contributed by atoms with Gasteiger partial charge < -0.3 is 15.8 Å². The van der Waals surface area contributed by atoms with Crippen molar-refractivity contribution < 1.29 is 14.3 Å². The number of nitrogens with two attached hydrogens (primary N) is 1. The number of anilines is 1. The average molecular weight is 419 g/mol. The third-order valence-corrected chi connectivity index (χ3v) is 5.15. The van der Waals surface area contributed by atoms with Gasteiger partial charge in [-0.1, -0.05) is 78.6 Å². The van der Waals surface area contributed by atoms with E-state index < -0.39 is 18.5 Å². The van der Waals surface area contributed by atoms with Gasteiger partial charge in [0.05, 0.1) is 5.56 Å². The van der Waals surface area contributed by atoms with Crippen LogP contribution in [0.25, 0.3) is 0 Å². The molecule has 0 aliphatic heterocycles. The molecular weight excluding hydrogens is 376 g/mol. The van der Waals surface area contributed by atoms with Crippen LogP contribution >= 0.6 is 0 Å². The first-order valence-electron chi connectivity index (χ1n) is 11.6. The van der Waals surface area contributed by atoms with E-state index in [1.165, 1.54) is 64.2 Å². The molecule has 5 nitrogen and oxygen atoms in total. The molecule has 0 saturated carbocycles. The van der Waals surface area contributed by atoms with Crippen molar-refractivity contribution in [3.63, 3.8) is 0 Å². The van der Waals surface area contributed by atoms with Crippen LogP contribution in [0.15, 0.2) is 24.3 Å². The van der Waals surface area contributed by atoms with Crippen molar-refractivity contribution in [1.29, 1.82) is 0 Å². The monoisotopic (exact) mass is 418 g/mol. The highest BCUT2D eigenvalue weighted by molar-refractivity contribution is 5.91. The molecule has 3 N–H and O–H groups in total. The van der Waals surface area contributed by atoms with E-state index in [4.69, 9.17) is 10.5 Å². The Balaban J connectivity index is 1.97. The molecule has 0 unspecified atom stereocenters. The van der Waals surface area contributed by atoms with Crippen molar-refractivity contribution in [3.05, 3.63) is 29.8 Å². The fourth-order valence-corrected chi connectivity index (χ4v) is 3.37. The number of amides is 1. The topological polar surface area (TPSA) is 81.4 Å². The second-order valence-corrected chi connectivity index (χ2v) is 9.39. The zero-order valence-electron chi connectivity index (χ0n) is 19.3. The number of hydrogen-bond acceptors (Lipinski definition) is 4. The molecule has 0 aromatic heterocycles. The molecule has 1 amide bonds. The number of carbonyl (C=O) groups excluding carboxylic acids is 2. The van der Waals surface area contributed by atoms with Crippen molar-refractivity contribution in [2.45, 2.75) is 91.4 Å². The van der Waals surface area contributed by atoms with E-state index >= 15 is 0 Å². The Morgan fingerprint density at radius 1 is 0.833 bits per heavy atom. The molecule has 0 fully saturated rings. The van der Waals surface area contributed by atoms with Gasteiger partial charge in [-0.25, -0.2) is 4.79 Å². The fourth-order valence-electron chi connectivity index (χ4n) is 3.37. The van der Waals surface area contributed by atoms with Crippen LogP contribution in [0, 0.1) is 5.41 Å². The Morgan fingerprint density at radius 3 is 1.83 bits per heavy atom. The summed E-state index contributed by atoms with van der Waals surface area (Å²) >= 11 is 0. The van der Waals surface area contributed by atoms with Gasteiger partial charge in [-0.3, -0.25) is 4.79 Å². The summed E-state index contributed by atoms with van der Waals surface area (Å²) in [6.45, 7) is 7.52. The molecule has 0 aliphatic rings. The third-order valence-electron chi connectivity index (χ3n) is 5.15. The Hall–Kier alpha value is -2.04. The molecule has 30 heavy (non-hydrogen) atoms. The molecule has 170 valence electrons. The molecular formula is C25H42N2O3. The Bertz CT molecular complexity index is 606. The Morgan fingerprint density at radius 2 is 1.33 bits per heavy atom. The molecule has 0 saturated heterocycles. The zero-order chi connectivity index (χ0) is 22.2. The van der Waals surface area contributed by atoms with Crippen LogP contribution in [0.1, 0.15) is 102 Å². The smallest absolute Gasteiger partial charge is 0.338 e. The number of ether oxygens (including phenoxy) is 1. The largest absolute Gasteiger partial charge is 0.452 e. The van der Waals surface area contributed by atoms with Crippen LogP contribution in [0.4, 0.5) is 5.69 Å². The van der Waals surface area contributed by atoms with E-state index in [-0.39, 0.29) is 0 Å². The molecule has 1 aromatic carbocycles. The first kappa shape index (κ1) is 26.0. The van der Waals surface area contributed by atoms with E-state index in [2.05, 4.69) is 26.1 Å². The van der Waals surface area contributed by atoms with Gasteiger partial charge in [0.2, 0.25) is 0 Å². The summed E-state index contributed by atoms with van der Waals surface area (Å²) in [5, 5.41) is 3.38. The Kier molecular flexibility index (Phi) is 12.9. The van der Waals surface area contributed by atoms with Crippen LogP contribution in [-0.2, 0) is 9.53 Å². The third kappa shape index (κ3) is 14.0. The lowest BCUT2D eigenvalue weighted by molar-refractivity contribution is -0.121. The molecule has 0 heterocycles. The number of unbranched alkanes of at least 4 members (excludes halogenated alkanes) is 9. The van der Waals surface area contributed by atoms with Crippen molar-refractivity contribution in [2.24, 2.45) is 11.1 Å². The number of carbonyl (C=O) groups is 2. The van der Waals surface area contributed by atoms with Crippen molar-refractivity contribution in [3.8, 4) is 0 Å². The predicted octanol–water partition coefficient (Wildman–Crippen LogP) is 6.08. The molecule has 0 radical (unpaired) electrons. The van der Waals surface area contributed by atoms with Crippen LogP contribution in [-0.4, -0.2) is 25.0 Å². The number of hydrogen-bond donors (Lipinski definition) is 2. The van der Waals surface area contributed by atoms with E-state index in [0.29, 0.717) is 11.0 Å². The van der Waals surface area contributed by atoms with Gasteiger partial charge in [-0.15, -0.1) is 0 Å². The van der Waals surface area contributed by atoms with E-state index in [0.717, 1.165) is 18.7 Å². The minimum absolute atomic E-state index is 0.393. The second kappa shape index (κ2) is 14.9. The van der Waals surface area contributed by atoms with Crippen LogP contribution < -0.4 is 11.1 Å². The minimum atomic E-state index is -0.659. The minimum Gasteiger partial charge on any atom is -0.452 e. The summed E-state index contributed by atoms with van der Waals surface area (Å²) in [4.78, 5) is 22.4. The molecule has 1 aromatic rings. The number of nitrogens with one attached hydrogen (secondary N) is 1. The molecule has 5 heteroatoms. The van der Waals surface area contributed by atoms with Gasteiger partial charge >= 0.3 is 5.97 Å². The second-order valence-electron chi connectivity index (χ2n) is 9.39. The SMILES string of the molecule is CC(C)(C)CCCCCCCCCCCCNc1ccc(C(=O)OCC(N)=O)cc1. The highest BCUT2D eigenvalue weighted by Gasteiger charge is 2.09. The van der Waals surface area contributed by atoms with Gasteiger partial charge in [0.25, 0.3) is 5.91 Å². The fraction of sp³-hybridized carbons (Fsp3) is 0.680. The predicted molar refractivity (Wildman–Crippen MR) is 125 cm³/mol. The summed E-state index contributed by atoms with van der Waals surface area (Å²) in [5.41, 5.74) is 6.84. The van der Waals surface area contributed by atoms with Crippen molar-refractivity contribution >= 4 is 17.6 Å². The summed E-state index contributed by atoms with van der Waals surface area (Å²) < 4.78 is 4.79. The molecule has 0 aliphatic carbocycles. The quantitative estimate of drug-likeness (QED) is 0.252. The number of esters is 1. The van der Waals surface area contributed by atoms with Crippen molar-refractivity contribution in [1.82, 2.24) is 0 Å². The Labute approximate surface area is 183 Å². The van der Waals surface area contributed by atoms with Gasteiger partial charge in [0.15, 0.2) is 6.61 Å². The normalized spacial score (nSPS) is 11.3. The van der Waals surface area contributed by atoms with Gasteiger partial charge in [0.1, 0.15) is 0 Å². The van der Waals surface area contributed by atoms with E-state index in [9.17, 15) is 9.59 Å². The highest BCUT2D eigenvalue weighted by atomic mass is 16.5. The maximum Gasteiger partial charge on any atom is 0.338 e. The molecule has 0 atom stereocenters. The summed E-state index contributed by atoms with van der Waals surface area (Å²) in [7, 11) is 0. The lowest BCUT2D eigenvalue weighted by atomic mass is 9.89. The lowest BCUT2D eigenvalue weighted by Gasteiger charge is -2.17. The van der Waals surface area contributed by atoms with E-state index in [1.54, 1.807) is 12.1 Å². The lowest BCUT2D eigenvalue weighted by Crippen LogP contribution is -2.20. The summed E-state index contributed by atoms with van der Waals surface area (Å²) in [6.07, 6.45) is 14.7. The van der Waals surface area contributed by atoms with E-state index in [1.807, 2.05) is 12.1 Å². The maximum atomic E-state index is 11.7. The van der Waals surface area contributed by atoms with Crippen molar-refractivity contribution in [2.75, 3.05) is 18.5 Å². The number of primary amides is 1. The summed E-state index contributed by atoms with van der Waals surface area (Å²) in [6, 6.07) is 7.08. The first-order valence-corrected chi connectivity index (χ1v) is 11.6. The zero-order valence-corrected chi connectivity index (χ0v) is 19.3. The van der Waals surface area contributed by atoms with Gasteiger partial charge in [-0.2, -0.15) is 0 Å². The van der Waals surface area contributed by atoms with Crippen LogP contribution in [0.2, 0.25) is 0 Å². The molecule has 0 spiro atoms. The molecule has 0 bridgehead atoms.